The quantitative estimate of drug-likeness (QED) is 0.513. The van der Waals surface area contributed by atoms with Gasteiger partial charge in [0.2, 0.25) is 7.98 Å². The van der Waals surface area contributed by atoms with Crippen LogP contribution in [0.5, 0.6) is 0 Å². The number of aromatic nitrogens is 1. The molecule has 58 valence electrons. The van der Waals surface area contributed by atoms with Crippen LogP contribution in [0.4, 0.5) is 0 Å². The summed E-state index contributed by atoms with van der Waals surface area (Å²) >= 11 is 0. The molecule has 0 spiro atoms. The van der Waals surface area contributed by atoms with E-state index in [0.717, 1.165) is 11.3 Å². The molecular formula is C8H7BN2O. The van der Waals surface area contributed by atoms with E-state index in [1.54, 1.807) is 0 Å². The molecule has 4 heteroatoms. The van der Waals surface area contributed by atoms with E-state index in [9.17, 15) is 4.79 Å². The Morgan fingerprint density at radius 1 is 1.58 bits per heavy atom. The second-order valence-electron chi connectivity index (χ2n) is 2.89. The highest BCUT2D eigenvalue weighted by atomic mass is 16.2. The van der Waals surface area contributed by atoms with E-state index < -0.39 is 0 Å². The molecule has 0 saturated carbocycles. The summed E-state index contributed by atoms with van der Waals surface area (Å²) in [6, 6.07) is 3.77. The lowest BCUT2D eigenvalue weighted by Crippen LogP contribution is -2.20. The van der Waals surface area contributed by atoms with Crippen LogP contribution >= 0.6 is 0 Å². The second-order valence-corrected chi connectivity index (χ2v) is 2.89. The predicted molar refractivity (Wildman–Crippen MR) is 44.6 cm³/mol. The monoisotopic (exact) mass is 158 g/mol. The molecule has 2 rings (SSSR count). The molecule has 0 saturated heterocycles. The van der Waals surface area contributed by atoms with Gasteiger partial charge in [0.15, 0.2) is 0 Å². The van der Waals surface area contributed by atoms with Gasteiger partial charge in [-0.15, -0.1) is 0 Å². The topological polar surface area (TPSA) is 33.2 Å². The van der Waals surface area contributed by atoms with E-state index in [1.165, 1.54) is 4.81 Å². The van der Waals surface area contributed by atoms with Gasteiger partial charge in [-0.25, -0.2) is 4.98 Å². The van der Waals surface area contributed by atoms with Gasteiger partial charge in [-0.3, -0.25) is 4.79 Å². The first kappa shape index (κ1) is 7.34. The van der Waals surface area contributed by atoms with Crippen LogP contribution in [0.15, 0.2) is 12.1 Å². The van der Waals surface area contributed by atoms with Gasteiger partial charge in [-0.05, 0) is 13.0 Å². The predicted octanol–water partition coefficient (Wildman–Crippen LogP) is 0.429. The van der Waals surface area contributed by atoms with Crippen molar-refractivity contribution in [3.05, 3.63) is 29.1 Å². The Balaban J connectivity index is 2.56. The maximum Gasteiger partial charge on any atom is 0.260 e. The standard InChI is InChI=1S/C8H7BN2O/c1-5-2-3-6-4-11(9)8(12)7(6)10-5/h2-3H,4H2,1H3. The highest BCUT2D eigenvalue weighted by Crippen LogP contribution is 2.18. The lowest BCUT2D eigenvalue weighted by Gasteiger charge is -2.04. The van der Waals surface area contributed by atoms with Crippen molar-refractivity contribution >= 4 is 13.9 Å². The van der Waals surface area contributed by atoms with Gasteiger partial charge in [0, 0.05) is 17.8 Å². The van der Waals surface area contributed by atoms with Crippen LogP contribution in [-0.4, -0.2) is 23.7 Å². The summed E-state index contributed by atoms with van der Waals surface area (Å²) in [6.45, 7) is 2.33. The summed E-state index contributed by atoms with van der Waals surface area (Å²) in [5, 5.41) is 0. The molecule has 0 unspecified atom stereocenters. The van der Waals surface area contributed by atoms with Crippen molar-refractivity contribution in [2.24, 2.45) is 0 Å². The largest absolute Gasteiger partial charge is 0.387 e. The van der Waals surface area contributed by atoms with Gasteiger partial charge >= 0.3 is 0 Å². The minimum Gasteiger partial charge on any atom is -0.387 e. The zero-order valence-electron chi connectivity index (χ0n) is 6.74. The molecule has 0 fully saturated rings. The Kier molecular flexibility index (Phi) is 1.43. The van der Waals surface area contributed by atoms with Crippen molar-refractivity contribution in [2.45, 2.75) is 13.5 Å². The molecule has 1 aromatic rings. The van der Waals surface area contributed by atoms with Gasteiger partial charge in [0.25, 0.3) is 5.91 Å². The first-order valence-electron chi connectivity index (χ1n) is 3.71. The SMILES string of the molecule is [B]N1Cc2ccc(C)nc2C1=O. The average molecular weight is 158 g/mol. The molecule has 0 aromatic carbocycles. The number of hydrogen-bond acceptors (Lipinski definition) is 2. The van der Waals surface area contributed by atoms with Gasteiger partial charge in [0.1, 0.15) is 5.69 Å². The maximum atomic E-state index is 11.3. The van der Waals surface area contributed by atoms with Crippen LogP contribution < -0.4 is 0 Å². The number of rotatable bonds is 0. The normalized spacial score (nSPS) is 15.1. The van der Waals surface area contributed by atoms with Gasteiger partial charge in [0.05, 0.1) is 0 Å². The Morgan fingerprint density at radius 2 is 2.33 bits per heavy atom. The van der Waals surface area contributed by atoms with E-state index in [2.05, 4.69) is 4.98 Å². The molecule has 12 heavy (non-hydrogen) atoms. The van der Waals surface area contributed by atoms with Gasteiger partial charge in [-0.1, -0.05) is 6.07 Å². The summed E-state index contributed by atoms with van der Waals surface area (Å²) in [6.07, 6.45) is 0. The third-order valence-corrected chi connectivity index (χ3v) is 1.92. The number of hydrogen-bond donors (Lipinski definition) is 0. The molecule has 0 bridgehead atoms. The van der Waals surface area contributed by atoms with Crippen molar-refractivity contribution in [1.29, 1.82) is 0 Å². The summed E-state index contributed by atoms with van der Waals surface area (Å²) < 4.78 is 0. The third kappa shape index (κ3) is 0.914. The zero-order valence-corrected chi connectivity index (χ0v) is 6.74. The van der Waals surface area contributed by atoms with Crippen molar-refractivity contribution < 1.29 is 4.79 Å². The summed E-state index contributed by atoms with van der Waals surface area (Å²) in [4.78, 5) is 16.6. The first-order chi connectivity index (χ1) is 5.68. The van der Waals surface area contributed by atoms with E-state index >= 15 is 0 Å². The van der Waals surface area contributed by atoms with Crippen LogP contribution in [0, 0.1) is 6.92 Å². The minimum atomic E-state index is -0.186. The van der Waals surface area contributed by atoms with Crippen molar-refractivity contribution in [3.8, 4) is 0 Å². The average Bonchev–Trinajstić information content (AvgIpc) is 2.31. The molecule has 1 aliphatic heterocycles. The molecule has 0 aliphatic carbocycles. The number of carbonyl (C=O) groups is 1. The van der Waals surface area contributed by atoms with E-state index in [4.69, 9.17) is 7.98 Å². The molecule has 1 aromatic heterocycles. The third-order valence-electron chi connectivity index (χ3n) is 1.92. The van der Waals surface area contributed by atoms with Crippen LogP contribution in [0.1, 0.15) is 21.7 Å². The molecule has 0 N–H and O–H groups in total. The minimum absolute atomic E-state index is 0.186. The fourth-order valence-corrected chi connectivity index (χ4v) is 1.29. The molecule has 1 amide bonds. The Morgan fingerprint density at radius 3 is 3.08 bits per heavy atom. The fraction of sp³-hybridized carbons (Fsp3) is 0.250. The second kappa shape index (κ2) is 2.34. The van der Waals surface area contributed by atoms with Gasteiger partial charge in [-0.2, -0.15) is 0 Å². The summed E-state index contributed by atoms with van der Waals surface area (Å²) in [7, 11) is 5.42. The molecule has 2 heterocycles. The summed E-state index contributed by atoms with van der Waals surface area (Å²) in [5.41, 5.74) is 2.25. The number of amides is 1. The molecule has 3 nitrogen and oxygen atoms in total. The lowest BCUT2D eigenvalue weighted by atomic mass is 10.2. The van der Waals surface area contributed by atoms with Crippen molar-refractivity contribution in [2.75, 3.05) is 0 Å². The highest BCUT2D eigenvalue weighted by molar-refractivity contribution is 6.19. The number of aryl methyl sites for hydroxylation is 1. The van der Waals surface area contributed by atoms with Crippen molar-refractivity contribution in [1.82, 2.24) is 9.79 Å². The lowest BCUT2D eigenvalue weighted by molar-refractivity contribution is 0.0876. The van der Waals surface area contributed by atoms with Crippen LogP contribution in [0.3, 0.4) is 0 Å². The zero-order chi connectivity index (χ0) is 8.72. The molecule has 2 radical (unpaired) electrons. The first-order valence-corrected chi connectivity index (χ1v) is 3.71. The van der Waals surface area contributed by atoms with Crippen molar-refractivity contribution in [3.63, 3.8) is 0 Å². The van der Waals surface area contributed by atoms with Crippen LogP contribution in [0.2, 0.25) is 0 Å². The molecule has 1 aliphatic rings. The van der Waals surface area contributed by atoms with E-state index in [1.807, 2.05) is 19.1 Å². The number of fused-ring (bicyclic) bond motifs is 1. The van der Waals surface area contributed by atoms with E-state index in [0.29, 0.717) is 12.2 Å². The molecule has 0 atom stereocenters. The number of pyridine rings is 1. The maximum absolute atomic E-state index is 11.3. The smallest absolute Gasteiger partial charge is 0.260 e. The van der Waals surface area contributed by atoms with Crippen LogP contribution in [-0.2, 0) is 6.54 Å². The summed E-state index contributed by atoms with van der Waals surface area (Å²) in [5.74, 6) is -0.186. The Labute approximate surface area is 71.8 Å². The number of nitrogens with zero attached hydrogens (tertiary/aromatic N) is 2. The number of carbonyl (C=O) groups excluding carboxylic acids is 1. The fourth-order valence-electron chi connectivity index (χ4n) is 1.29. The highest BCUT2D eigenvalue weighted by Gasteiger charge is 2.24. The van der Waals surface area contributed by atoms with E-state index in [-0.39, 0.29) is 5.91 Å². The Bertz CT molecular complexity index is 351. The Hall–Kier alpha value is -1.32. The molecular weight excluding hydrogens is 151 g/mol. The van der Waals surface area contributed by atoms with Crippen LogP contribution in [0.25, 0.3) is 0 Å². The van der Waals surface area contributed by atoms with Gasteiger partial charge < -0.3 is 4.81 Å².